The number of Topliss-reactive ketones (excluding diaryl/α,β-unsaturated/α-hetero) is 1. The summed E-state index contributed by atoms with van der Waals surface area (Å²) in [4.78, 5) is 26.2. The molecule has 1 aliphatic carbocycles. The number of carbonyl (C=O) groups is 2. The van der Waals surface area contributed by atoms with Gasteiger partial charge in [-0.05, 0) is 48.7 Å². The van der Waals surface area contributed by atoms with Crippen LogP contribution in [0.25, 0.3) is 0 Å². The topological polar surface area (TPSA) is 96.9 Å². The highest BCUT2D eigenvalue weighted by molar-refractivity contribution is 6.10. The standard InChI is InChI=1S/C28H26N2O5/c1-34-23-14-18(15-24(35-2)28(23)33)26-25-20(9-6-10-22(25)31)29-21-13-17(11-12-19(21)30-26)27(32)16-7-4-3-5-8-16/h3-5,7-8,11-15,26,29-30,33H,6,9-10H2,1-2H3. The number of benzene rings is 3. The SMILES string of the molecule is COc1cc(C2Nc3ccc(C(=O)c4ccccc4)cc3NC3=C2C(=O)CCC3)cc(OC)c1O. The summed E-state index contributed by atoms with van der Waals surface area (Å²) < 4.78 is 10.7. The van der Waals surface area contributed by atoms with E-state index >= 15 is 0 Å². The highest BCUT2D eigenvalue weighted by atomic mass is 16.5. The first-order valence-corrected chi connectivity index (χ1v) is 11.5. The summed E-state index contributed by atoms with van der Waals surface area (Å²) in [6.45, 7) is 0. The molecule has 7 heteroatoms. The van der Waals surface area contributed by atoms with E-state index in [1.54, 1.807) is 30.3 Å². The molecule has 1 aliphatic heterocycles. The Labute approximate surface area is 203 Å². The molecule has 0 spiro atoms. The van der Waals surface area contributed by atoms with E-state index in [1.807, 2.05) is 30.3 Å². The molecule has 178 valence electrons. The van der Waals surface area contributed by atoms with Crippen molar-refractivity contribution in [2.75, 3.05) is 24.9 Å². The normalized spacial score (nSPS) is 16.9. The molecular weight excluding hydrogens is 444 g/mol. The van der Waals surface area contributed by atoms with Gasteiger partial charge in [0, 0.05) is 28.8 Å². The number of aromatic hydroxyl groups is 1. The average Bonchev–Trinajstić information content (AvgIpc) is 3.06. The van der Waals surface area contributed by atoms with Gasteiger partial charge >= 0.3 is 0 Å². The van der Waals surface area contributed by atoms with Gasteiger partial charge in [0.25, 0.3) is 0 Å². The summed E-state index contributed by atoms with van der Waals surface area (Å²) in [5.74, 6) is 0.397. The number of hydrogen-bond acceptors (Lipinski definition) is 7. The molecule has 3 N–H and O–H groups in total. The monoisotopic (exact) mass is 470 g/mol. The van der Waals surface area contributed by atoms with Crippen molar-refractivity contribution in [1.29, 1.82) is 0 Å². The van der Waals surface area contributed by atoms with Crippen LogP contribution in [0, 0.1) is 0 Å². The maximum Gasteiger partial charge on any atom is 0.200 e. The van der Waals surface area contributed by atoms with E-state index in [2.05, 4.69) is 10.6 Å². The Morgan fingerprint density at radius 3 is 2.31 bits per heavy atom. The van der Waals surface area contributed by atoms with E-state index in [0.29, 0.717) is 29.5 Å². The summed E-state index contributed by atoms with van der Waals surface area (Å²) in [5, 5.41) is 17.3. The van der Waals surface area contributed by atoms with E-state index in [4.69, 9.17) is 9.47 Å². The Bertz CT molecular complexity index is 1320. The van der Waals surface area contributed by atoms with Gasteiger partial charge < -0.3 is 25.2 Å². The zero-order chi connectivity index (χ0) is 24.5. The average molecular weight is 471 g/mol. The minimum atomic E-state index is -0.495. The van der Waals surface area contributed by atoms with Crippen molar-refractivity contribution in [2.24, 2.45) is 0 Å². The van der Waals surface area contributed by atoms with Crippen LogP contribution in [0.1, 0.15) is 46.8 Å². The van der Waals surface area contributed by atoms with Gasteiger partial charge in [0.05, 0.1) is 31.6 Å². The van der Waals surface area contributed by atoms with Crippen molar-refractivity contribution in [2.45, 2.75) is 25.3 Å². The number of ether oxygens (including phenoxy) is 2. The van der Waals surface area contributed by atoms with Crippen molar-refractivity contribution >= 4 is 22.9 Å². The lowest BCUT2D eigenvalue weighted by atomic mass is 9.86. The zero-order valence-electron chi connectivity index (χ0n) is 19.6. The first kappa shape index (κ1) is 22.5. The number of hydrogen-bond donors (Lipinski definition) is 3. The van der Waals surface area contributed by atoms with Crippen molar-refractivity contribution in [3.63, 3.8) is 0 Å². The number of methoxy groups -OCH3 is 2. The van der Waals surface area contributed by atoms with E-state index in [9.17, 15) is 14.7 Å². The first-order chi connectivity index (χ1) is 17.0. The summed E-state index contributed by atoms with van der Waals surface area (Å²) in [6.07, 6.45) is 1.92. The second kappa shape index (κ2) is 9.18. The molecule has 1 heterocycles. The van der Waals surface area contributed by atoms with Crippen LogP contribution in [0.5, 0.6) is 17.2 Å². The Kier molecular flexibility index (Phi) is 5.91. The molecule has 0 fully saturated rings. The third-order valence-corrected chi connectivity index (χ3v) is 6.48. The van der Waals surface area contributed by atoms with Gasteiger partial charge in [0.1, 0.15) is 0 Å². The van der Waals surface area contributed by atoms with E-state index in [1.165, 1.54) is 14.2 Å². The Hall–Kier alpha value is -4.26. The van der Waals surface area contributed by atoms with E-state index in [0.717, 1.165) is 29.1 Å². The molecule has 1 unspecified atom stereocenters. The lowest BCUT2D eigenvalue weighted by molar-refractivity contribution is -0.116. The molecule has 1 atom stereocenters. The molecule has 35 heavy (non-hydrogen) atoms. The van der Waals surface area contributed by atoms with Crippen LogP contribution in [0.3, 0.4) is 0 Å². The second-order valence-electron chi connectivity index (χ2n) is 8.60. The highest BCUT2D eigenvalue weighted by Crippen LogP contribution is 2.45. The van der Waals surface area contributed by atoms with Gasteiger partial charge in [0.15, 0.2) is 23.1 Å². The summed E-state index contributed by atoms with van der Waals surface area (Å²) in [5.41, 5.74) is 4.84. The number of phenols is 1. The van der Waals surface area contributed by atoms with Gasteiger partial charge in [0.2, 0.25) is 5.75 Å². The lowest BCUT2D eigenvalue weighted by Crippen LogP contribution is -2.23. The minimum absolute atomic E-state index is 0.0515. The van der Waals surface area contributed by atoms with Gasteiger partial charge in [-0.25, -0.2) is 0 Å². The summed E-state index contributed by atoms with van der Waals surface area (Å²) in [7, 11) is 2.94. The number of ketones is 2. The van der Waals surface area contributed by atoms with Crippen molar-refractivity contribution < 1.29 is 24.2 Å². The molecule has 0 amide bonds. The van der Waals surface area contributed by atoms with Crippen LogP contribution < -0.4 is 20.1 Å². The van der Waals surface area contributed by atoms with Crippen molar-refractivity contribution in [1.82, 2.24) is 0 Å². The maximum atomic E-state index is 13.1. The fraction of sp³-hybridized carbons (Fsp3) is 0.214. The van der Waals surface area contributed by atoms with E-state index < -0.39 is 6.04 Å². The quantitative estimate of drug-likeness (QED) is 0.440. The molecule has 5 rings (SSSR count). The van der Waals surface area contributed by atoms with Crippen LogP contribution in [0.2, 0.25) is 0 Å². The molecule has 7 nitrogen and oxygen atoms in total. The Morgan fingerprint density at radius 2 is 1.63 bits per heavy atom. The molecule has 2 aliphatic rings. The predicted octanol–water partition coefficient (Wildman–Crippen LogP) is 5.23. The van der Waals surface area contributed by atoms with Crippen LogP contribution in [0.15, 0.2) is 71.9 Å². The maximum absolute atomic E-state index is 13.1. The number of phenolic OH excluding ortho intramolecular Hbond substituents is 1. The zero-order valence-corrected chi connectivity index (χ0v) is 19.6. The second-order valence-corrected chi connectivity index (χ2v) is 8.60. The van der Waals surface area contributed by atoms with Gasteiger partial charge in [-0.1, -0.05) is 30.3 Å². The molecule has 3 aromatic carbocycles. The van der Waals surface area contributed by atoms with Gasteiger partial charge in [-0.3, -0.25) is 9.59 Å². The Morgan fingerprint density at radius 1 is 0.914 bits per heavy atom. The number of allylic oxidation sites excluding steroid dienone is 1. The van der Waals surface area contributed by atoms with Crippen molar-refractivity contribution in [3.8, 4) is 17.2 Å². The van der Waals surface area contributed by atoms with Crippen molar-refractivity contribution in [3.05, 3.63) is 88.6 Å². The number of rotatable bonds is 5. The first-order valence-electron chi connectivity index (χ1n) is 11.5. The molecule has 0 radical (unpaired) electrons. The molecule has 0 saturated heterocycles. The highest BCUT2D eigenvalue weighted by Gasteiger charge is 2.33. The van der Waals surface area contributed by atoms with Gasteiger partial charge in [-0.15, -0.1) is 0 Å². The fourth-order valence-corrected chi connectivity index (χ4v) is 4.72. The molecular formula is C28H26N2O5. The number of nitrogens with one attached hydrogen (secondary N) is 2. The Balaban J connectivity index is 1.61. The smallest absolute Gasteiger partial charge is 0.200 e. The van der Waals surface area contributed by atoms with Crippen LogP contribution >= 0.6 is 0 Å². The largest absolute Gasteiger partial charge is 0.502 e. The van der Waals surface area contributed by atoms with E-state index in [-0.39, 0.29) is 28.8 Å². The summed E-state index contributed by atoms with van der Waals surface area (Å²) in [6, 6.07) is 17.5. The predicted molar refractivity (Wildman–Crippen MR) is 133 cm³/mol. The molecule has 0 saturated carbocycles. The van der Waals surface area contributed by atoms with Gasteiger partial charge in [-0.2, -0.15) is 0 Å². The lowest BCUT2D eigenvalue weighted by Gasteiger charge is -2.26. The molecule has 0 bridgehead atoms. The number of carbonyl (C=O) groups excluding carboxylic acids is 2. The number of anilines is 2. The van der Waals surface area contributed by atoms with Crippen LogP contribution in [-0.2, 0) is 4.79 Å². The van der Waals surface area contributed by atoms with Crippen LogP contribution in [-0.4, -0.2) is 30.9 Å². The third kappa shape index (κ3) is 4.10. The molecule has 0 aromatic heterocycles. The summed E-state index contributed by atoms with van der Waals surface area (Å²) >= 11 is 0. The minimum Gasteiger partial charge on any atom is -0.502 e. The molecule has 3 aromatic rings. The third-order valence-electron chi connectivity index (χ3n) is 6.48. The number of fused-ring (bicyclic) bond motifs is 1. The van der Waals surface area contributed by atoms with Crippen LogP contribution in [0.4, 0.5) is 11.4 Å². The fourth-order valence-electron chi connectivity index (χ4n) is 4.72.